The van der Waals surface area contributed by atoms with E-state index in [1.165, 1.54) is 18.2 Å². The smallest absolute Gasteiger partial charge is 0.266 e. The molecule has 0 unspecified atom stereocenters. The van der Waals surface area contributed by atoms with Crippen molar-refractivity contribution in [1.82, 2.24) is 4.72 Å². The van der Waals surface area contributed by atoms with Crippen LogP contribution in [-0.4, -0.2) is 20.1 Å². The van der Waals surface area contributed by atoms with Crippen molar-refractivity contribution in [3.8, 4) is 0 Å². The molecule has 0 atom stereocenters. The molecular weight excluding hydrogens is 230 g/mol. The minimum absolute atomic E-state index is 0.00676. The summed E-state index contributed by atoms with van der Waals surface area (Å²) in [7, 11) is -3.91. The summed E-state index contributed by atoms with van der Waals surface area (Å²) in [6.45, 7) is 3.28. The minimum Gasteiger partial charge on any atom is -0.289 e. The standard InChI is InChI=1S/C10H7NO4S/c1-2-8(12)6-4-3-5-7-9(6)16(14,15)11-10(7)13/h2-5H,1H2,(H,11,13). The van der Waals surface area contributed by atoms with Crippen LogP contribution in [0.3, 0.4) is 0 Å². The highest BCUT2D eigenvalue weighted by Crippen LogP contribution is 2.26. The second-order valence-corrected chi connectivity index (χ2v) is 4.80. The fourth-order valence-corrected chi connectivity index (χ4v) is 2.90. The lowest BCUT2D eigenvalue weighted by Crippen LogP contribution is -2.21. The Bertz CT molecular complexity index is 616. The number of fused-ring (bicyclic) bond motifs is 1. The van der Waals surface area contributed by atoms with Crippen LogP contribution in [0.5, 0.6) is 0 Å². The highest BCUT2D eigenvalue weighted by Gasteiger charge is 2.35. The Morgan fingerprint density at radius 3 is 2.69 bits per heavy atom. The van der Waals surface area contributed by atoms with Crippen LogP contribution in [0.1, 0.15) is 20.7 Å². The third-order valence-corrected chi connectivity index (χ3v) is 3.64. The van der Waals surface area contributed by atoms with Gasteiger partial charge in [0.1, 0.15) is 4.90 Å². The number of carbonyl (C=O) groups is 2. The van der Waals surface area contributed by atoms with Crippen molar-refractivity contribution in [3.05, 3.63) is 42.0 Å². The van der Waals surface area contributed by atoms with Gasteiger partial charge in [-0.15, -0.1) is 0 Å². The maximum absolute atomic E-state index is 11.6. The number of hydrogen-bond donors (Lipinski definition) is 1. The van der Waals surface area contributed by atoms with Gasteiger partial charge in [0, 0.05) is 5.56 Å². The number of hydrogen-bond acceptors (Lipinski definition) is 4. The molecule has 0 fully saturated rings. The minimum atomic E-state index is -3.91. The van der Waals surface area contributed by atoms with Gasteiger partial charge < -0.3 is 0 Å². The van der Waals surface area contributed by atoms with Crippen LogP contribution >= 0.6 is 0 Å². The molecule has 1 amide bonds. The van der Waals surface area contributed by atoms with Crippen molar-refractivity contribution in [2.24, 2.45) is 0 Å². The van der Waals surface area contributed by atoms with E-state index in [9.17, 15) is 18.0 Å². The molecule has 16 heavy (non-hydrogen) atoms. The average molecular weight is 237 g/mol. The maximum Gasteiger partial charge on any atom is 0.266 e. The van der Waals surface area contributed by atoms with Crippen molar-refractivity contribution in [3.63, 3.8) is 0 Å². The molecule has 1 aromatic rings. The summed E-state index contributed by atoms with van der Waals surface area (Å²) in [5.74, 6) is -1.24. The molecule has 5 nitrogen and oxygen atoms in total. The molecule has 0 saturated heterocycles. The van der Waals surface area contributed by atoms with Gasteiger partial charge in [0.25, 0.3) is 15.9 Å². The van der Waals surface area contributed by atoms with E-state index < -0.39 is 21.7 Å². The summed E-state index contributed by atoms with van der Waals surface area (Å²) in [4.78, 5) is 22.5. The molecule has 2 rings (SSSR count). The Hall–Kier alpha value is -1.95. The lowest BCUT2D eigenvalue weighted by atomic mass is 10.1. The molecule has 0 spiro atoms. The first-order chi connectivity index (χ1) is 7.47. The molecule has 6 heteroatoms. The topological polar surface area (TPSA) is 80.3 Å². The summed E-state index contributed by atoms with van der Waals surface area (Å²) < 4.78 is 25.0. The summed E-state index contributed by atoms with van der Waals surface area (Å²) in [6, 6.07) is 4.16. The van der Waals surface area contributed by atoms with Crippen molar-refractivity contribution in [2.75, 3.05) is 0 Å². The summed E-state index contributed by atoms with van der Waals surface area (Å²) in [5.41, 5.74) is -0.0430. The van der Waals surface area contributed by atoms with Crippen LogP contribution in [0.15, 0.2) is 35.7 Å². The molecule has 1 aliphatic heterocycles. The van der Waals surface area contributed by atoms with Crippen molar-refractivity contribution in [1.29, 1.82) is 0 Å². The number of carbonyl (C=O) groups excluding carboxylic acids is 2. The van der Waals surface area contributed by atoms with Gasteiger partial charge in [-0.2, -0.15) is 0 Å². The lowest BCUT2D eigenvalue weighted by molar-refractivity contribution is 0.0985. The van der Waals surface area contributed by atoms with Crippen LogP contribution in [0, 0.1) is 0 Å². The van der Waals surface area contributed by atoms with E-state index in [1.54, 1.807) is 0 Å². The van der Waals surface area contributed by atoms with Crippen LogP contribution < -0.4 is 4.72 Å². The van der Waals surface area contributed by atoms with Gasteiger partial charge in [0.2, 0.25) is 0 Å². The number of allylic oxidation sites excluding steroid dienone is 1. The molecule has 1 aromatic carbocycles. The van der Waals surface area contributed by atoms with E-state index >= 15 is 0 Å². The molecule has 0 saturated carbocycles. The van der Waals surface area contributed by atoms with Crippen LogP contribution in [0.25, 0.3) is 0 Å². The number of sulfonamides is 1. The molecule has 1 N–H and O–H groups in total. The monoisotopic (exact) mass is 237 g/mol. The van der Waals surface area contributed by atoms with Gasteiger partial charge in [-0.05, 0) is 18.2 Å². The van der Waals surface area contributed by atoms with E-state index in [-0.39, 0.29) is 16.0 Å². The van der Waals surface area contributed by atoms with Gasteiger partial charge >= 0.3 is 0 Å². The summed E-state index contributed by atoms with van der Waals surface area (Å²) >= 11 is 0. The second kappa shape index (κ2) is 3.28. The first kappa shape index (κ1) is 10.6. The van der Waals surface area contributed by atoms with E-state index in [4.69, 9.17) is 0 Å². The van der Waals surface area contributed by atoms with Crippen LogP contribution in [0.4, 0.5) is 0 Å². The maximum atomic E-state index is 11.6. The van der Waals surface area contributed by atoms with Crippen LogP contribution in [-0.2, 0) is 10.0 Å². The largest absolute Gasteiger partial charge is 0.289 e. The molecular formula is C10H7NO4S. The second-order valence-electron chi connectivity index (χ2n) is 3.19. The first-order valence-corrected chi connectivity index (χ1v) is 5.82. The van der Waals surface area contributed by atoms with E-state index in [2.05, 4.69) is 6.58 Å². The predicted molar refractivity (Wildman–Crippen MR) is 55.6 cm³/mol. The zero-order valence-corrected chi connectivity index (χ0v) is 8.87. The zero-order chi connectivity index (χ0) is 11.9. The highest BCUT2D eigenvalue weighted by molar-refractivity contribution is 7.90. The number of benzene rings is 1. The third kappa shape index (κ3) is 1.35. The third-order valence-electron chi connectivity index (χ3n) is 2.21. The number of nitrogens with one attached hydrogen (secondary N) is 1. The molecule has 0 aliphatic carbocycles. The van der Waals surface area contributed by atoms with Crippen molar-refractivity contribution in [2.45, 2.75) is 4.90 Å². The molecule has 1 heterocycles. The Labute approximate surface area is 91.8 Å². The van der Waals surface area contributed by atoms with Crippen LogP contribution in [0.2, 0.25) is 0 Å². The normalized spacial score (nSPS) is 16.4. The highest BCUT2D eigenvalue weighted by atomic mass is 32.2. The number of ketones is 1. The molecule has 0 bridgehead atoms. The molecule has 0 radical (unpaired) electrons. The van der Waals surface area contributed by atoms with Crippen molar-refractivity contribution >= 4 is 21.7 Å². The molecule has 82 valence electrons. The van der Waals surface area contributed by atoms with E-state index in [0.29, 0.717) is 0 Å². The quantitative estimate of drug-likeness (QED) is 0.599. The van der Waals surface area contributed by atoms with Gasteiger partial charge in [-0.25, -0.2) is 13.1 Å². The van der Waals surface area contributed by atoms with E-state index in [0.717, 1.165) is 6.08 Å². The first-order valence-electron chi connectivity index (χ1n) is 4.34. The lowest BCUT2D eigenvalue weighted by Gasteiger charge is -2.01. The van der Waals surface area contributed by atoms with Gasteiger partial charge in [-0.3, -0.25) is 9.59 Å². The number of rotatable bonds is 2. The predicted octanol–water partition coefficient (Wildman–Crippen LogP) is 0.487. The molecule has 0 aromatic heterocycles. The average Bonchev–Trinajstić information content (AvgIpc) is 2.49. The van der Waals surface area contributed by atoms with E-state index in [1.807, 2.05) is 4.72 Å². The summed E-state index contributed by atoms with van der Waals surface area (Å²) in [6.07, 6.45) is 1.01. The SMILES string of the molecule is C=CC(=O)c1cccc2c1S(=O)(=O)NC2=O. The Kier molecular flexibility index (Phi) is 2.16. The van der Waals surface area contributed by atoms with Gasteiger partial charge in [0.05, 0.1) is 5.56 Å². The summed E-state index contributed by atoms with van der Waals surface area (Å²) in [5, 5.41) is 0. The number of amides is 1. The fourth-order valence-electron chi connectivity index (χ4n) is 1.54. The van der Waals surface area contributed by atoms with Gasteiger partial charge in [0.15, 0.2) is 5.78 Å². The zero-order valence-electron chi connectivity index (χ0n) is 8.06. The van der Waals surface area contributed by atoms with Crippen molar-refractivity contribution < 1.29 is 18.0 Å². The molecule has 1 aliphatic rings. The Morgan fingerprint density at radius 1 is 1.38 bits per heavy atom. The van der Waals surface area contributed by atoms with Gasteiger partial charge in [-0.1, -0.05) is 12.6 Å². The Balaban J connectivity index is 2.83. The fraction of sp³-hybridized carbons (Fsp3) is 0. The Morgan fingerprint density at radius 2 is 2.06 bits per heavy atom.